The van der Waals surface area contributed by atoms with Gasteiger partial charge in [0.25, 0.3) is 0 Å². The Balaban J connectivity index is 1.79. The van der Waals surface area contributed by atoms with Crippen LogP contribution in [0, 0.1) is 5.92 Å². The number of nitrogens with zero attached hydrogens (tertiary/aromatic N) is 1. The summed E-state index contributed by atoms with van der Waals surface area (Å²) in [5.74, 6) is 1.28. The minimum Gasteiger partial charge on any atom is -0.481 e. The average Bonchev–Trinajstić information content (AvgIpc) is 3.06. The number of pyridine rings is 1. The first-order valence-electron chi connectivity index (χ1n) is 7.51. The van der Waals surface area contributed by atoms with E-state index in [0.29, 0.717) is 17.8 Å². The van der Waals surface area contributed by atoms with Crippen LogP contribution < -0.4 is 10.1 Å². The van der Waals surface area contributed by atoms with E-state index in [-0.39, 0.29) is 0 Å². The number of ether oxygens (including phenoxy) is 2. The van der Waals surface area contributed by atoms with Gasteiger partial charge in [-0.25, -0.2) is 4.98 Å². The number of methoxy groups -OCH3 is 1. The van der Waals surface area contributed by atoms with Crippen LogP contribution in [0.25, 0.3) is 10.9 Å². The van der Waals surface area contributed by atoms with Crippen LogP contribution in [0.3, 0.4) is 0 Å². The Hall–Kier alpha value is -1.65. The van der Waals surface area contributed by atoms with Crippen molar-refractivity contribution in [1.29, 1.82) is 0 Å². The van der Waals surface area contributed by atoms with E-state index >= 15 is 0 Å². The van der Waals surface area contributed by atoms with Gasteiger partial charge in [0.15, 0.2) is 0 Å². The summed E-state index contributed by atoms with van der Waals surface area (Å²) in [6.07, 6.45) is 1.15. The predicted octanol–water partition coefficient (Wildman–Crippen LogP) is 2.76. The van der Waals surface area contributed by atoms with Gasteiger partial charge in [0.1, 0.15) is 0 Å². The van der Waals surface area contributed by atoms with E-state index in [4.69, 9.17) is 9.47 Å². The second-order valence-electron chi connectivity index (χ2n) is 5.63. The molecule has 2 heterocycles. The Bertz CT molecular complexity index is 609. The highest BCUT2D eigenvalue weighted by Gasteiger charge is 2.21. The van der Waals surface area contributed by atoms with Gasteiger partial charge >= 0.3 is 0 Å². The Morgan fingerprint density at radius 2 is 2.29 bits per heavy atom. The highest BCUT2D eigenvalue weighted by molar-refractivity contribution is 5.82. The molecule has 0 bridgehead atoms. The largest absolute Gasteiger partial charge is 0.481 e. The summed E-state index contributed by atoms with van der Waals surface area (Å²) in [4.78, 5) is 4.49. The van der Waals surface area contributed by atoms with Crippen LogP contribution in [-0.4, -0.2) is 31.3 Å². The van der Waals surface area contributed by atoms with Gasteiger partial charge in [0.2, 0.25) is 5.88 Å². The zero-order valence-electron chi connectivity index (χ0n) is 12.6. The fourth-order valence-electron chi connectivity index (χ4n) is 2.86. The SMILES string of the molecule is COc1cc(CN[C@@H](C)[C@@H]2CCOC2)c2ccccc2n1. The molecule has 1 saturated heterocycles. The number of hydrogen-bond donors (Lipinski definition) is 1. The number of fused-ring (bicyclic) bond motifs is 1. The molecule has 4 heteroatoms. The van der Waals surface area contributed by atoms with Crippen LogP contribution in [-0.2, 0) is 11.3 Å². The lowest BCUT2D eigenvalue weighted by atomic mass is 10.00. The lowest BCUT2D eigenvalue weighted by molar-refractivity contribution is 0.178. The minimum absolute atomic E-state index is 0.449. The van der Waals surface area contributed by atoms with Crippen LogP contribution >= 0.6 is 0 Å². The van der Waals surface area contributed by atoms with Gasteiger partial charge in [-0.1, -0.05) is 18.2 Å². The van der Waals surface area contributed by atoms with Crippen molar-refractivity contribution < 1.29 is 9.47 Å². The number of nitrogens with one attached hydrogen (secondary N) is 1. The first-order valence-corrected chi connectivity index (χ1v) is 7.51. The molecule has 0 unspecified atom stereocenters. The van der Waals surface area contributed by atoms with E-state index in [9.17, 15) is 0 Å². The lowest BCUT2D eigenvalue weighted by Gasteiger charge is -2.20. The zero-order valence-corrected chi connectivity index (χ0v) is 12.6. The molecule has 0 radical (unpaired) electrons. The highest BCUT2D eigenvalue weighted by Crippen LogP contribution is 2.23. The molecule has 3 rings (SSSR count). The van der Waals surface area contributed by atoms with Gasteiger partial charge in [-0.15, -0.1) is 0 Å². The average molecular weight is 286 g/mol. The molecule has 1 aliphatic heterocycles. The molecule has 2 atom stereocenters. The molecule has 1 N–H and O–H groups in total. The summed E-state index contributed by atoms with van der Waals surface area (Å²) in [5.41, 5.74) is 2.20. The van der Waals surface area contributed by atoms with E-state index in [2.05, 4.69) is 23.3 Å². The summed E-state index contributed by atoms with van der Waals surface area (Å²) in [6.45, 7) is 4.81. The van der Waals surface area contributed by atoms with Gasteiger partial charge in [-0.3, -0.25) is 0 Å². The van der Waals surface area contributed by atoms with Gasteiger partial charge in [0, 0.05) is 30.6 Å². The van der Waals surface area contributed by atoms with E-state index in [1.54, 1.807) is 7.11 Å². The fraction of sp³-hybridized carbons (Fsp3) is 0.471. The van der Waals surface area contributed by atoms with E-state index in [1.165, 1.54) is 10.9 Å². The molecule has 1 aliphatic rings. The molecule has 0 saturated carbocycles. The molecule has 0 aliphatic carbocycles. The topological polar surface area (TPSA) is 43.4 Å². The number of para-hydroxylation sites is 1. The quantitative estimate of drug-likeness (QED) is 0.918. The highest BCUT2D eigenvalue weighted by atomic mass is 16.5. The third-order valence-electron chi connectivity index (χ3n) is 4.27. The number of hydrogen-bond acceptors (Lipinski definition) is 4. The van der Waals surface area contributed by atoms with Gasteiger partial charge in [-0.2, -0.15) is 0 Å². The van der Waals surface area contributed by atoms with Crippen molar-refractivity contribution in [3.63, 3.8) is 0 Å². The van der Waals surface area contributed by atoms with Crippen LogP contribution in [0.4, 0.5) is 0 Å². The van der Waals surface area contributed by atoms with Crippen molar-refractivity contribution in [3.8, 4) is 5.88 Å². The molecule has 1 aromatic heterocycles. The molecule has 1 fully saturated rings. The van der Waals surface area contributed by atoms with Gasteiger partial charge in [-0.05, 0) is 30.9 Å². The first kappa shape index (κ1) is 14.3. The molecule has 112 valence electrons. The Morgan fingerprint density at radius 3 is 3.05 bits per heavy atom. The van der Waals surface area contributed by atoms with E-state index in [1.807, 2.05) is 24.3 Å². The fourth-order valence-corrected chi connectivity index (χ4v) is 2.86. The Kier molecular flexibility index (Phi) is 4.36. The number of aromatic nitrogens is 1. The summed E-state index contributed by atoms with van der Waals surface area (Å²) in [5, 5.41) is 4.80. The summed E-state index contributed by atoms with van der Waals surface area (Å²) < 4.78 is 10.8. The Morgan fingerprint density at radius 1 is 1.43 bits per heavy atom. The van der Waals surface area contributed by atoms with E-state index in [0.717, 1.165) is 31.7 Å². The molecule has 2 aromatic rings. The molecular weight excluding hydrogens is 264 g/mol. The van der Waals surface area contributed by atoms with Crippen molar-refractivity contribution in [1.82, 2.24) is 10.3 Å². The maximum absolute atomic E-state index is 5.47. The van der Waals surface area contributed by atoms with Crippen LogP contribution in [0.15, 0.2) is 30.3 Å². The van der Waals surface area contributed by atoms with Crippen molar-refractivity contribution in [2.75, 3.05) is 20.3 Å². The van der Waals surface area contributed by atoms with Crippen molar-refractivity contribution in [2.45, 2.75) is 25.9 Å². The monoisotopic (exact) mass is 286 g/mol. The molecule has 0 amide bonds. The van der Waals surface area contributed by atoms with Crippen LogP contribution in [0.2, 0.25) is 0 Å². The first-order chi connectivity index (χ1) is 10.3. The van der Waals surface area contributed by atoms with Crippen LogP contribution in [0.1, 0.15) is 18.9 Å². The standard InChI is InChI=1S/C17H22N2O2/c1-12(13-7-8-21-11-13)18-10-14-9-17(20-2)19-16-6-4-3-5-15(14)16/h3-6,9,12-13,18H,7-8,10-11H2,1-2H3/t12-,13+/m0/s1. The maximum atomic E-state index is 5.47. The number of benzene rings is 1. The smallest absolute Gasteiger partial charge is 0.213 e. The molecule has 4 nitrogen and oxygen atoms in total. The Labute approximate surface area is 125 Å². The second-order valence-corrected chi connectivity index (χ2v) is 5.63. The van der Waals surface area contributed by atoms with Crippen LogP contribution in [0.5, 0.6) is 5.88 Å². The molecule has 0 spiro atoms. The van der Waals surface area contributed by atoms with Gasteiger partial charge in [0.05, 0.1) is 19.2 Å². The summed E-state index contributed by atoms with van der Waals surface area (Å²) in [7, 11) is 1.66. The van der Waals surface area contributed by atoms with Gasteiger partial charge < -0.3 is 14.8 Å². The second kappa shape index (κ2) is 6.41. The maximum Gasteiger partial charge on any atom is 0.213 e. The normalized spacial score (nSPS) is 19.8. The minimum atomic E-state index is 0.449. The summed E-state index contributed by atoms with van der Waals surface area (Å²) >= 11 is 0. The summed E-state index contributed by atoms with van der Waals surface area (Å²) in [6, 6.07) is 10.7. The number of rotatable bonds is 5. The van der Waals surface area contributed by atoms with Crippen molar-refractivity contribution in [2.24, 2.45) is 5.92 Å². The zero-order chi connectivity index (χ0) is 14.7. The van der Waals surface area contributed by atoms with E-state index < -0.39 is 0 Å². The molecule has 1 aromatic carbocycles. The lowest BCUT2D eigenvalue weighted by Crippen LogP contribution is -2.33. The third-order valence-corrected chi connectivity index (χ3v) is 4.27. The molecule has 21 heavy (non-hydrogen) atoms. The molecular formula is C17H22N2O2. The van der Waals surface area contributed by atoms with Crippen molar-refractivity contribution >= 4 is 10.9 Å². The predicted molar refractivity (Wildman–Crippen MR) is 83.5 cm³/mol. The van der Waals surface area contributed by atoms with Crippen molar-refractivity contribution in [3.05, 3.63) is 35.9 Å². The third kappa shape index (κ3) is 3.17.